The molecule has 0 aliphatic carbocycles. The molecule has 126 valence electrons. The van der Waals surface area contributed by atoms with Gasteiger partial charge in [-0.15, -0.1) is 0 Å². The highest BCUT2D eigenvalue weighted by Gasteiger charge is 2.10. The van der Waals surface area contributed by atoms with Crippen LogP contribution in [0.2, 0.25) is 0 Å². The normalized spacial score (nSPS) is 10.3. The van der Waals surface area contributed by atoms with Crippen molar-refractivity contribution in [1.29, 1.82) is 0 Å². The predicted octanol–water partition coefficient (Wildman–Crippen LogP) is 4.22. The van der Waals surface area contributed by atoms with Crippen molar-refractivity contribution in [2.75, 3.05) is 5.32 Å². The van der Waals surface area contributed by atoms with E-state index >= 15 is 0 Å². The zero-order valence-electron chi connectivity index (χ0n) is 13.2. The predicted molar refractivity (Wildman–Crippen MR) is 98.4 cm³/mol. The molecule has 0 saturated heterocycles. The van der Waals surface area contributed by atoms with Crippen molar-refractivity contribution in [2.45, 2.75) is 6.54 Å². The molecule has 0 saturated carbocycles. The van der Waals surface area contributed by atoms with Gasteiger partial charge in [0.1, 0.15) is 0 Å². The maximum absolute atomic E-state index is 12.2. The molecular formula is C19H15BrN2O3. The Labute approximate surface area is 153 Å². The van der Waals surface area contributed by atoms with Crippen LogP contribution >= 0.6 is 15.9 Å². The third-order valence-electron chi connectivity index (χ3n) is 3.49. The standard InChI is InChI=1S/C19H15BrN2O3/c20-15-4-1-3-13(11-15)12-21-18(23)14-6-8-16(9-7-14)22-19(24)17-5-2-10-25-17/h1-11H,12H2,(H,21,23)(H,22,24). The minimum Gasteiger partial charge on any atom is -0.459 e. The zero-order chi connectivity index (χ0) is 17.6. The van der Waals surface area contributed by atoms with E-state index in [2.05, 4.69) is 26.6 Å². The highest BCUT2D eigenvalue weighted by molar-refractivity contribution is 9.10. The van der Waals surface area contributed by atoms with Crippen LogP contribution in [0.4, 0.5) is 5.69 Å². The van der Waals surface area contributed by atoms with Crippen molar-refractivity contribution in [3.05, 3.63) is 88.3 Å². The Morgan fingerprint density at radius 2 is 1.76 bits per heavy atom. The molecule has 0 radical (unpaired) electrons. The number of hydrogen-bond donors (Lipinski definition) is 2. The second-order valence-electron chi connectivity index (χ2n) is 5.32. The summed E-state index contributed by atoms with van der Waals surface area (Å²) in [4.78, 5) is 24.1. The monoisotopic (exact) mass is 398 g/mol. The van der Waals surface area contributed by atoms with E-state index in [9.17, 15) is 9.59 Å². The lowest BCUT2D eigenvalue weighted by Crippen LogP contribution is -2.22. The van der Waals surface area contributed by atoms with E-state index in [4.69, 9.17) is 4.42 Å². The van der Waals surface area contributed by atoms with Crippen molar-refractivity contribution in [2.24, 2.45) is 0 Å². The Kier molecular flexibility index (Phi) is 5.30. The van der Waals surface area contributed by atoms with E-state index < -0.39 is 0 Å². The molecule has 0 aliphatic rings. The van der Waals surface area contributed by atoms with E-state index in [-0.39, 0.29) is 17.6 Å². The number of halogens is 1. The van der Waals surface area contributed by atoms with Crippen LogP contribution in [-0.2, 0) is 6.54 Å². The molecule has 1 aromatic heterocycles. The van der Waals surface area contributed by atoms with Crippen LogP contribution in [0.25, 0.3) is 0 Å². The van der Waals surface area contributed by atoms with Crippen LogP contribution in [0.1, 0.15) is 26.5 Å². The molecule has 2 N–H and O–H groups in total. The first-order valence-electron chi connectivity index (χ1n) is 7.59. The number of carbonyl (C=O) groups excluding carboxylic acids is 2. The van der Waals surface area contributed by atoms with Gasteiger partial charge in [-0.3, -0.25) is 9.59 Å². The third kappa shape index (κ3) is 4.58. The summed E-state index contributed by atoms with van der Waals surface area (Å²) in [6.07, 6.45) is 1.44. The van der Waals surface area contributed by atoms with E-state index in [0.717, 1.165) is 10.0 Å². The topological polar surface area (TPSA) is 71.3 Å². The van der Waals surface area contributed by atoms with Crippen molar-refractivity contribution >= 4 is 33.4 Å². The first-order chi connectivity index (χ1) is 12.1. The van der Waals surface area contributed by atoms with Gasteiger partial charge < -0.3 is 15.1 Å². The van der Waals surface area contributed by atoms with Crippen molar-refractivity contribution in [1.82, 2.24) is 5.32 Å². The lowest BCUT2D eigenvalue weighted by molar-refractivity contribution is 0.0950. The maximum Gasteiger partial charge on any atom is 0.291 e. The van der Waals surface area contributed by atoms with Crippen molar-refractivity contribution in [3.8, 4) is 0 Å². The van der Waals surface area contributed by atoms with Crippen LogP contribution in [0.5, 0.6) is 0 Å². The average Bonchev–Trinajstić information content (AvgIpc) is 3.15. The minimum absolute atomic E-state index is 0.177. The summed E-state index contributed by atoms with van der Waals surface area (Å²) in [5.74, 6) is -0.281. The second kappa shape index (κ2) is 7.81. The minimum atomic E-state index is -0.336. The molecule has 0 atom stereocenters. The fourth-order valence-corrected chi connectivity index (χ4v) is 2.68. The van der Waals surface area contributed by atoms with Crippen molar-refractivity contribution < 1.29 is 14.0 Å². The molecule has 0 spiro atoms. The van der Waals surface area contributed by atoms with Gasteiger partial charge in [0.05, 0.1) is 6.26 Å². The van der Waals surface area contributed by atoms with Gasteiger partial charge in [0.2, 0.25) is 0 Å². The van der Waals surface area contributed by atoms with Gasteiger partial charge in [-0.1, -0.05) is 28.1 Å². The first-order valence-corrected chi connectivity index (χ1v) is 8.39. The highest BCUT2D eigenvalue weighted by Crippen LogP contribution is 2.13. The number of amides is 2. The van der Waals surface area contributed by atoms with Crippen LogP contribution in [0.3, 0.4) is 0 Å². The number of carbonyl (C=O) groups is 2. The SMILES string of the molecule is O=C(NCc1cccc(Br)c1)c1ccc(NC(=O)c2ccco2)cc1. The Bertz CT molecular complexity index is 874. The number of rotatable bonds is 5. The van der Waals surface area contributed by atoms with Gasteiger partial charge >= 0.3 is 0 Å². The van der Waals surface area contributed by atoms with Crippen LogP contribution in [0, 0.1) is 0 Å². The van der Waals surface area contributed by atoms with Crippen molar-refractivity contribution in [3.63, 3.8) is 0 Å². The fourth-order valence-electron chi connectivity index (χ4n) is 2.24. The number of hydrogen-bond acceptors (Lipinski definition) is 3. The summed E-state index contributed by atoms with van der Waals surface area (Å²) < 4.78 is 6.00. The number of benzene rings is 2. The van der Waals surface area contributed by atoms with E-state index in [1.165, 1.54) is 6.26 Å². The average molecular weight is 399 g/mol. The number of nitrogens with one attached hydrogen (secondary N) is 2. The molecule has 5 nitrogen and oxygen atoms in total. The first kappa shape index (κ1) is 17.0. The Morgan fingerprint density at radius 3 is 2.44 bits per heavy atom. The molecule has 2 amide bonds. The molecule has 2 aromatic carbocycles. The molecule has 0 unspecified atom stereocenters. The summed E-state index contributed by atoms with van der Waals surface area (Å²) >= 11 is 3.40. The van der Waals surface area contributed by atoms with Crippen LogP contribution in [-0.4, -0.2) is 11.8 Å². The molecule has 3 rings (SSSR count). The van der Waals surface area contributed by atoms with Gasteiger partial charge in [-0.25, -0.2) is 0 Å². The quantitative estimate of drug-likeness (QED) is 0.675. The lowest BCUT2D eigenvalue weighted by atomic mass is 10.1. The highest BCUT2D eigenvalue weighted by atomic mass is 79.9. The molecule has 0 bridgehead atoms. The molecule has 1 heterocycles. The maximum atomic E-state index is 12.2. The van der Waals surface area contributed by atoms with Gasteiger partial charge in [-0.2, -0.15) is 0 Å². The fraction of sp³-hybridized carbons (Fsp3) is 0.0526. The lowest BCUT2D eigenvalue weighted by Gasteiger charge is -2.07. The number of furan rings is 1. The molecule has 25 heavy (non-hydrogen) atoms. The van der Waals surface area contributed by atoms with Crippen LogP contribution < -0.4 is 10.6 Å². The Hall–Kier alpha value is -2.86. The zero-order valence-corrected chi connectivity index (χ0v) is 14.7. The number of anilines is 1. The van der Waals surface area contributed by atoms with E-state index in [1.54, 1.807) is 36.4 Å². The van der Waals surface area contributed by atoms with Gasteiger partial charge in [-0.05, 0) is 54.1 Å². The van der Waals surface area contributed by atoms with E-state index in [0.29, 0.717) is 17.8 Å². The summed E-state index contributed by atoms with van der Waals surface area (Å²) in [6, 6.07) is 17.6. The second-order valence-corrected chi connectivity index (χ2v) is 6.24. The summed E-state index contributed by atoms with van der Waals surface area (Å²) in [5.41, 5.74) is 2.11. The van der Waals surface area contributed by atoms with Crippen LogP contribution in [0.15, 0.2) is 75.8 Å². The third-order valence-corrected chi connectivity index (χ3v) is 3.99. The molecule has 0 aliphatic heterocycles. The summed E-state index contributed by atoms with van der Waals surface area (Å²) in [5, 5.41) is 5.57. The molecule has 3 aromatic rings. The van der Waals surface area contributed by atoms with Gasteiger partial charge in [0, 0.05) is 22.3 Å². The summed E-state index contributed by atoms with van der Waals surface area (Å²) in [6.45, 7) is 0.440. The molecular weight excluding hydrogens is 384 g/mol. The largest absolute Gasteiger partial charge is 0.459 e. The summed E-state index contributed by atoms with van der Waals surface area (Å²) in [7, 11) is 0. The molecule has 0 fully saturated rings. The smallest absolute Gasteiger partial charge is 0.291 e. The van der Waals surface area contributed by atoms with Gasteiger partial charge in [0.25, 0.3) is 11.8 Å². The van der Waals surface area contributed by atoms with E-state index in [1.807, 2.05) is 24.3 Å². The molecule has 6 heteroatoms. The Balaban J connectivity index is 1.58. The Morgan fingerprint density at radius 1 is 0.960 bits per heavy atom. The van der Waals surface area contributed by atoms with Gasteiger partial charge in [0.15, 0.2) is 5.76 Å².